The van der Waals surface area contributed by atoms with Crippen LogP contribution >= 0.6 is 0 Å². The molecule has 0 bridgehead atoms. The van der Waals surface area contributed by atoms with Crippen molar-refractivity contribution in [2.75, 3.05) is 26.1 Å². The van der Waals surface area contributed by atoms with Gasteiger partial charge in [0.05, 0.1) is 25.4 Å². The Morgan fingerprint density at radius 3 is 2.41 bits per heavy atom. The fourth-order valence-corrected chi connectivity index (χ4v) is 4.25. The van der Waals surface area contributed by atoms with E-state index in [4.69, 9.17) is 9.47 Å². The van der Waals surface area contributed by atoms with Gasteiger partial charge in [-0.05, 0) is 36.4 Å². The number of ether oxygens (including phenoxy) is 2. The van der Waals surface area contributed by atoms with E-state index in [-0.39, 0.29) is 30.0 Å². The lowest BCUT2D eigenvalue weighted by Gasteiger charge is -2.13. The Bertz CT molecular complexity index is 1680. The van der Waals surface area contributed by atoms with Gasteiger partial charge in [0, 0.05) is 30.1 Å². The molecule has 0 atom stereocenters. The molecule has 0 spiro atoms. The average molecular weight is 566 g/mol. The minimum absolute atomic E-state index is 0.198. The summed E-state index contributed by atoms with van der Waals surface area (Å²) in [5.41, 5.74) is -4.45. The normalized spacial score (nSPS) is 11.7. The molecule has 2 aromatic heterocycles. The third kappa shape index (κ3) is 5.50. The van der Waals surface area contributed by atoms with Gasteiger partial charge < -0.3 is 23.5 Å². The molecule has 204 valence electrons. The van der Waals surface area contributed by atoms with E-state index in [0.717, 1.165) is 13.2 Å². The molecule has 0 aliphatic rings. The molecule has 2 heterocycles. The van der Waals surface area contributed by atoms with Crippen molar-refractivity contribution in [2.24, 2.45) is 0 Å². The standard InChI is InChI=1S/C24H19F4N5O5S/c1-36-19-6-4-17(25)23-16(19)10-15(12-29)33(23)8-7-30-22-11-18(31-13-32-22)14-3-5-20(21(9-14)37-2)38-39(34,35)24(26,27)28/h3-6,9-11,13H,7-8H2,1-2H3,(H,30,31,32). The Labute approximate surface area is 219 Å². The quantitative estimate of drug-likeness (QED) is 0.178. The predicted molar refractivity (Wildman–Crippen MR) is 131 cm³/mol. The van der Waals surface area contributed by atoms with Crippen molar-refractivity contribution < 1.29 is 39.6 Å². The topological polar surface area (TPSA) is 128 Å². The molecule has 15 heteroatoms. The minimum Gasteiger partial charge on any atom is -0.496 e. The van der Waals surface area contributed by atoms with Gasteiger partial charge in [-0.1, -0.05) is 0 Å². The van der Waals surface area contributed by atoms with Crippen molar-refractivity contribution in [2.45, 2.75) is 12.1 Å². The molecule has 4 rings (SSSR count). The molecule has 0 amide bonds. The lowest BCUT2D eigenvalue weighted by molar-refractivity contribution is -0.0500. The minimum atomic E-state index is -5.89. The summed E-state index contributed by atoms with van der Waals surface area (Å²) >= 11 is 0. The molecule has 39 heavy (non-hydrogen) atoms. The second-order valence-corrected chi connectivity index (χ2v) is 9.41. The molecule has 4 aromatic rings. The zero-order valence-electron chi connectivity index (χ0n) is 20.3. The van der Waals surface area contributed by atoms with Crippen molar-refractivity contribution in [1.29, 1.82) is 5.26 Å². The summed E-state index contributed by atoms with van der Waals surface area (Å²) in [6, 6.07) is 11.4. The number of halogens is 4. The van der Waals surface area contributed by atoms with Crippen LogP contribution in [0.25, 0.3) is 22.2 Å². The van der Waals surface area contributed by atoms with Gasteiger partial charge in [-0.25, -0.2) is 14.4 Å². The second-order valence-electron chi connectivity index (χ2n) is 7.87. The number of methoxy groups -OCH3 is 2. The number of nitrogens with one attached hydrogen (secondary N) is 1. The van der Waals surface area contributed by atoms with Crippen LogP contribution in [0.3, 0.4) is 0 Å². The highest BCUT2D eigenvalue weighted by atomic mass is 32.2. The molecular formula is C24H19F4N5O5S. The number of hydrogen-bond donors (Lipinski definition) is 1. The average Bonchev–Trinajstić information content (AvgIpc) is 3.28. The summed E-state index contributed by atoms with van der Waals surface area (Å²) in [6.07, 6.45) is 1.24. The van der Waals surface area contributed by atoms with Crippen molar-refractivity contribution in [3.8, 4) is 34.6 Å². The van der Waals surface area contributed by atoms with E-state index < -0.39 is 27.2 Å². The number of nitrogens with zero attached hydrogens (tertiary/aromatic N) is 4. The van der Waals surface area contributed by atoms with Gasteiger partial charge in [-0.3, -0.25) is 0 Å². The number of anilines is 1. The van der Waals surface area contributed by atoms with Gasteiger partial charge in [-0.15, -0.1) is 0 Å². The molecule has 0 fully saturated rings. The smallest absolute Gasteiger partial charge is 0.496 e. The molecule has 0 unspecified atom stereocenters. The fourth-order valence-electron chi connectivity index (χ4n) is 3.78. The first-order valence-corrected chi connectivity index (χ1v) is 12.4. The SMILES string of the molecule is COc1cc(-c2cc(NCCn3c(C#N)cc4c(OC)ccc(F)c43)ncn2)ccc1OS(=O)(=O)C(F)(F)F. The van der Waals surface area contributed by atoms with Crippen molar-refractivity contribution >= 4 is 26.8 Å². The van der Waals surface area contributed by atoms with Crippen LogP contribution in [0.2, 0.25) is 0 Å². The van der Waals surface area contributed by atoms with Crippen molar-refractivity contribution in [3.63, 3.8) is 0 Å². The maximum atomic E-state index is 14.6. The maximum absolute atomic E-state index is 14.6. The number of aromatic nitrogens is 3. The first-order chi connectivity index (χ1) is 18.5. The molecular weight excluding hydrogens is 546 g/mol. The number of fused-ring (bicyclic) bond motifs is 1. The van der Waals surface area contributed by atoms with Crippen LogP contribution in [0.15, 0.2) is 48.8 Å². The number of hydrogen-bond acceptors (Lipinski definition) is 9. The van der Waals surface area contributed by atoms with E-state index in [1.807, 2.05) is 6.07 Å². The van der Waals surface area contributed by atoms with E-state index in [1.54, 1.807) is 6.07 Å². The number of benzene rings is 2. The molecule has 0 radical (unpaired) electrons. The van der Waals surface area contributed by atoms with Crippen LogP contribution < -0.4 is 19.0 Å². The number of nitriles is 1. The summed E-state index contributed by atoms with van der Waals surface area (Å²) in [4.78, 5) is 8.25. The van der Waals surface area contributed by atoms with Crippen LogP contribution in [0.4, 0.5) is 23.4 Å². The van der Waals surface area contributed by atoms with E-state index in [1.165, 1.54) is 48.3 Å². The van der Waals surface area contributed by atoms with Crippen molar-refractivity contribution in [1.82, 2.24) is 14.5 Å². The maximum Gasteiger partial charge on any atom is 0.534 e. The Kier molecular flexibility index (Phi) is 7.50. The first-order valence-electron chi connectivity index (χ1n) is 11.0. The van der Waals surface area contributed by atoms with E-state index in [0.29, 0.717) is 28.2 Å². The van der Waals surface area contributed by atoms with Gasteiger partial charge in [0.15, 0.2) is 11.5 Å². The summed E-state index contributed by atoms with van der Waals surface area (Å²) in [7, 11) is -3.30. The third-order valence-corrected chi connectivity index (χ3v) is 6.52. The van der Waals surface area contributed by atoms with Crippen LogP contribution in [-0.4, -0.2) is 49.2 Å². The zero-order valence-corrected chi connectivity index (χ0v) is 21.1. The largest absolute Gasteiger partial charge is 0.534 e. The second kappa shape index (κ2) is 10.7. The molecule has 10 nitrogen and oxygen atoms in total. The van der Waals surface area contributed by atoms with Gasteiger partial charge in [0.2, 0.25) is 0 Å². The monoisotopic (exact) mass is 565 g/mol. The van der Waals surface area contributed by atoms with Crippen LogP contribution in [0, 0.1) is 17.1 Å². The summed E-state index contributed by atoms with van der Waals surface area (Å²) in [5, 5.41) is 13.0. The molecule has 0 aliphatic carbocycles. The van der Waals surface area contributed by atoms with Gasteiger partial charge in [0.1, 0.15) is 35.5 Å². The molecule has 0 aliphatic heterocycles. The van der Waals surface area contributed by atoms with Crippen LogP contribution in [-0.2, 0) is 16.7 Å². The molecule has 0 saturated heterocycles. The van der Waals surface area contributed by atoms with E-state index >= 15 is 0 Å². The van der Waals surface area contributed by atoms with Crippen molar-refractivity contribution in [3.05, 3.63) is 60.3 Å². The zero-order chi connectivity index (χ0) is 28.4. The lowest BCUT2D eigenvalue weighted by Crippen LogP contribution is -2.28. The number of rotatable bonds is 9. The first kappa shape index (κ1) is 27.5. The highest BCUT2D eigenvalue weighted by Crippen LogP contribution is 2.36. The molecule has 0 saturated carbocycles. The molecule has 1 N–H and O–H groups in total. The van der Waals surface area contributed by atoms with Crippen LogP contribution in [0.5, 0.6) is 17.2 Å². The predicted octanol–water partition coefficient (Wildman–Crippen LogP) is 4.47. The highest BCUT2D eigenvalue weighted by molar-refractivity contribution is 7.88. The van der Waals surface area contributed by atoms with Crippen LogP contribution in [0.1, 0.15) is 5.69 Å². The summed E-state index contributed by atoms with van der Waals surface area (Å²) < 4.78 is 91.4. The molecule has 2 aromatic carbocycles. The lowest BCUT2D eigenvalue weighted by atomic mass is 10.1. The third-order valence-electron chi connectivity index (χ3n) is 5.56. The van der Waals surface area contributed by atoms with E-state index in [9.17, 15) is 31.2 Å². The van der Waals surface area contributed by atoms with E-state index in [2.05, 4.69) is 19.5 Å². The van der Waals surface area contributed by atoms with Gasteiger partial charge >= 0.3 is 15.6 Å². The Balaban J connectivity index is 1.54. The number of alkyl halides is 3. The Hall–Kier alpha value is -4.58. The Morgan fingerprint density at radius 2 is 1.74 bits per heavy atom. The van der Waals surface area contributed by atoms with Gasteiger partial charge in [-0.2, -0.15) is 26.9 Å². The fraction of sp³-hybridized carbons (Fsp3) is 0.208. The van der Waals surface area contributed by atoms with Gasteiger partial charge in [0.25, 0.3) is 0 Å². The summed E-state index contributed by atoms with van der Waals surface area (Å²) in [6.45, 7) is 0.431. The Morgan fingerprint density at radius 1 is 1.03 bits per heavy atom. The highest BCUT2D eigenvalue weighted by Gasteiger charge is 2.49. The summed E-state index contributed by atoms with van der Waals surface area (Å²) in [5.74, 6) is -0.651.